The van der Waals surface area contributed by atoms with E-state index in [4.69, 9.17) is 18.6 Å². The number of ketones is 1. The molecule has 0 fully saturated rings. The van der Waals surface area contributed by atoms with E-state index in [1.54, 1.807) is 43.3 Å². The SMILES string of the molecule is CCOc1ccc2oc(C)c(C(=O)Oc3ccc4c(c3)OC(=Cc3ccccc3Br)C4=O)c2c1. The third-order valence-corrected chi connectivity index (χ3v) is 6.12. The number of rotatable bonds is 5. The number of aryl methyl sites for hydroxylation is 1. The van der Waals surface area contributed by atoms with Gasteiger partial charge in [0.05, 0.1) is 12.2 Å². The second kappa shape index (κ2) is 8.83. The Labute approximate surface area is 203 Å². The van der Waals surface area contributed by atoms with Crippen molar-refractivity contribution in [1.82, 2.24) is 0 Å². The minimum Gasteiger partial charge on any atom is -0.494 e. The zero-order valence-electron chi connectivity index (χ0n) is 18.4. The van der Waals surface area contributed by atoms with Crippen LogP contribution in [-0.4, -0.2) is 18.4 Å². The van der Waals surface area contributed by atoms with E-state index < -0.39 is 5.97 Å². The van der Waals surface area contributed by atoms with Crippen LogP contribution >= 0.6 is 15.9 Å². The Kier molecular flexibility index (Phi) is 5.71. The smallest absolute Gasteiger partial charge is 0.347 e. The van der Waals surface area contributed by atoms with Crippen LogP contribution in [0.3, 0.4) is 0 Å². The fourth-order valence-electron chi connectivity index (χ4n) is 3.83. The number of furan rings is 1. The number of Topliss-reactive ketones (excluding diaryl/α,β-unsaturated/α-hetero) is 1. The first-order valence-electron chi connectivity index (χ1n) is 10.7. The maximum atomic E-state index is 13.0. The minimum absolute atomic E-state index is 0.200. The van der Waals surface area contributed by atoms with E-state index in [2.05, 4.69) is 15.9 Å². The van der Waals surface area contributed by atoms with E-state index in [0.29, 0.717) is 46.0 Å². The highest BCUT2D eigenvalue weighted by molar-refractivity contribution is 9.10. The Morgan fingerprint density at radius 1 is 1.06 bits per heavy atom. The fraction of sp³-hybridized carbons (Fsp3) is 0.111. The Morgan fingerprint density at radius 3 is 2.65 bits per heavy atom. The molecular formula is C27H19BrO6. The molecule has 2 heterocycles. The first kappa shape index (κ1) is 22.0. The minimum atomic E-state index is -0.571. The average Bonchev–Trinajstić information content (AvgIpc) is 3.30. The van der Waals surface area contributed by atoms with Gasteiger partial charge in [-0.25, -0.2) is 4.79 Å². The van der Waals surface area contributed by atoms with Crippen LogP contribution in [0.1, 0.15) is 39.0 Å². The Bertz CT molecular complexity index is 1480. The molecule has 0 radical (unpaired) electrons. The lowest BCUT2D eigenvalue weighted by molar-refractivity contribution is 0.0734. The number of halogens is 1. The van der Waals surface area contributed by atoms with Crippen LogP contribution < -0.4 is 14.2 Å². The topological polar surface area (TPSA) is 75.0 Å². The van der Waals surface area contributed by atoms with Gasteiger partial charge in [0.25, 0.3) is 0 Å². The number of carbonyl (C=O) groups is 2. The summed E-state index contributed by atoms with van der Waals surface area (Å²) in [6.07, 6.45) is 1.68. The molecule has 34 heavy (non-hydrogen) atoms. The summed E-state index contributed by atoms with van der Waals surface area (Å²) in [5.74, 6) is 1.07. The molecule has 0 saturated carbocycles. The molecule has 1 aliphatic rings. The van der Waals surface area contributed by atoms with Gasteiger partial charge in [-0.05, 0) is 61.9 Å². The second-order valence-electron chi connectivity index (χ2n) is 7.63. The Morgan fingerprint density at radius 2 is 1.85 bits per heavy atom. The van der Waals surface area contributed by atoms with E-state index in [1.165, 1.54) is 6.07 Å². The quantitative estimate of drug-likeness (QED) is 0.165. The summed E-state index contributed by atoms with van der Waals surface area (Å²) in [7, 11) is 0. The number of hydrogen-bond acceptors (Lipinski definition) is 6. The molecule has 0 unspecified atom stereocenters. The first-order valence-corrected chi connectivity index (χ1v) is 11.4. The highest BCUT2D eigenvalue weighted by Crippen LogP contribution is 2.36. The number of allylic oxidation sites excluding steroid dienone is 1. The van der Waals surface area contributed by atoms with Gasteiger partial charge in [-0.15, -0.1) is 0 Å². The van der Waals surface area contributed by atoms with E-state index >= 15 is 0 Å². The molecule has 170 valence electrons. The summed E-state index contributed by atoms with van der Waals surface area (Å²) in [5, 5.41) is 0.611. The highest BCUT2D eigenvalue weighted by atomic mass is 79.9. The van der Waals surface area contributed by atoms with Crippen molar-refractivity contribution in [3.05, 3.63) is 93.3 Å². The largest absolute Gasteiger partial charge is 0.494 e. The molecule has 0 atom stereocenters. The predicted molar refractivity (Wildman–Crippen MR) is 131 cm³/mol. The normalized spacial score (nSPS) is 13.7. The van der Waals surface area contributed by atoms with Gasteiger partial charge in [0.2, 0.25) is 5.78 Å². The molecule has 0 aliphatic carbocycles. The number of carbonyl (C=O) groups excluding carboxylic acids is 2. The molecule has 0 bridgehead atoms. The molecule has 3 aromatic carbocycles. The molecule has 0 N–H and O–H groups in total. The van der Waals surface area contributed by atoms with Gasteiger partial charge in [-0.3, -0.25) is 4.79 Å². The third kappa shape index (κ3) is 3.99. The van der Waals surface area contributed by atoms with Crippen molar-refractivity contribution >= 4 is 44.7 Å². The molecule has 0 saturated heterocycles. The van der Waals surface area contributed by atoms with Gasteiger partial charge in [0.1, 0.15) is 34.2 Å². The lowest BCUT2D eigenvalue weighted by Crippen LogP contribution is -2.09. The second-order valence-corrected chi connectivity index (χ2v) is 8.49. The van der Waals surface area contributed by atoms with E-state index in [-0.39, 0.29) is 17.3 Å². The lowest BCUT2D eigenvalue weighted by Gasteiger charge is -2.06. The molecule has 0 spiro atoms. The molecular weight excluding hydrogens is 500 g/mol. The molecule has 0 amide bonds. The Hall–Kier alpha value is -3.84. The van der Waals surface area contributed by atoms with Crippen LogP contribution in [0.25, 0.3) is 17.0 Å². The maximum Gasteiger partial charge on any atom is 0.347 e. The third-order valence-electron chi connectivity index (χ3n) is 5.39. The van der Waals surface area contributed by atoms with E-state index in [1.807, 2.05) is 31.2 Å². The van der Waals surface area contributed by atoms with Crippen LogP contribution in [-0.2, 0) is 0 Å². The van der Waals surface area contributed by atoms with E-state index in [0.717, 1.165) is 10.0 Å². The highest BCUT2D eigenvalue weighted by Gasteiger charge is 2.29. The van der Waals surface area contributed by atoms with Gasteiger partial charge in [0, 0.05) is 15.9 Å². The summed E-state index contributed by atoms with van der Waals surface area (Å²) in [6, 6.07) is 17.5. The average molecular weight is 519 g/mol. The van der Waals surface area contributed by atoms with Crippen molar-refractivity contribution in [2.75, 3.05) is 6.61 Å². The predicted octanol–water partition coefficient (Wildman–Crippen LogP) is 6.74. The lowest BCUT2D eigenvalue weighted by atomic mass is 10.1. The van der Waals surface area contributed by atoms with Crippen LogP contribution in [0.15, 0.2) is 75.3 Å². The summed E-state index contributed by atoms with van der Waals surface area (Å²) in [6.45, 7) is 4.10. The number of ether oxygens (including phenoxy) is 3. The molecule has 6 nitrogen and oxygen atoms in total. The van der Waals surface area contributed by atoms with Gasteiger partial charge in [-0.1, -0.05) is 34.1 Å². The molecule has 7 heteroatoms. The van der Waals surface area contributed by atoms with Gasteiger partial charge >= 0.3 is 5.97 Å². The molecule has 1 aromatic heterocycles. The van der Waals surface area contributed by atoms with Crippen molar-refractivity contribution < 1.29 is 28.2 Å². The summed E-state index contributed by atoms with van der Waals surface area (Å²) in [5.41, 5.74) is 2.12. The zero-order chi connectivity index (χ0) is 23.8. The van der Waals surface area contributed by atoms with Crippen LogP contribution in [0.4, 0.5) is 0 Å². The van der Waals surface area contributed by atoms with Crippen molar-refractivity contribution in [2.45, 2.75) is 13.8 Å². The molecule has 1 aliphatic heterocycles. The summed E-state index contributed by atoms with van der Waals surface area (Å²) in [4.78, 5) is 25.8. The van der Waals surface area contributed by atoms with Crippen LogP contribution in [0.2, 0.25) is 0 Å². The molecule has 5 rings (SSSR count). The van der Waals surface area contributed by atoms with Crippen molar-refractivity contribution in [3.63, 3.8) is 0 Å². The number of esters is 1. The zero-order valence-corrected chi connectivity index (χ0v) is 20.0. The van der Waals surface area contributed by atoms with Crippen LogP contribution in [0.5, 0.6) is 17.2 Å². The number of hydrogen-bond donors (Lipinski definition) is 0. The van der Waals surface area contributed by atoms with E-state index in [9.17, 15) is 9.59 Å². The van der Waals surface area contributed by atoms with Crippen molar-refractivity contribution in [3.8, 4) is 17.2 Å². The van der Waals surface area contributed by atoms with Crippen molar-refractivity contribution in [1.29, 1.82) is 0 Å². The molecule has 4 aromatic rings. The summed E-state index contributed by atoms with van der Waals surface area (Å²) < 4.78 is 23.5. The monoisotopic (exact) mass is 518 g/mol. The standard InChI is InChI=1S/C27H19BrO6/c1-3-31-17-9-11-22-20(13-17)25(15(2)32-22)27(30)33-18-8-10-19-23(14-18)34-24(26(19)29)12-16-6-4-5-7-21(16)28/h4-14H,3H2,1-2H3. The number of fused-ring (bicyclic) bond motifs is 2. The number of benzene rings is 3. The van der Waals surface area contributed by atoms with Crippen molar-refractivity contribution in [2.24, 2.45) is 0 Å². The van der Waals surface area contributed by atoms with Gasteiger partial charge < -0.3 is 18.6 Å². The fourth-order valence-corrected chi connectivity index (χ4v) is 4.23. The first-order chi connectivity index (χ1) is 16.4. The Balaban J connectivity index is 1.41. The summed E-state index contributed by atoms with van der Waals surface area (Å²) >= 11 is 3.47. The van der Waals surface area contributed by atoms with Gasteiger partial charge in [0.15, 0.2) is 5.76 Å². The van der Waals surface area contributed by atoms with Gasteiger partial charge in [-0.2, -0.15) is 0 Å². The maximum absolute atomic E-state index is 13.0. The van der Waals surface area contributed by atoms with Crippen LogP contribution in [0, 0.1) is 6.92 Å².